The van der Waals surface area contributed by atoms with Gasteiger partial charge in [-0.05, 0) is 75.1 Å². The van der Waals surface area contributed by atoms with Gasteiger partial charge in [-0.15, -0.1) is 0 Å². The number of rotatable bonds is 6. The molecule has 0 fully saturated rings. The summed E-state index contributed by atoms with van der Waals surface area (Å²) in [6.45, 7) is 11.4. The number of allylic oxidation sites excluding steroid dienone is 1. The number of nitrogens with zero attached hydrogens (tertiary/aromatic N) is 3. The van der Waals surface area contributed by atoms with Gasteiger partial charge < -0.3 is 4.90 Å². The number of halogens is 3. The lowest BCUT2D eigenvalue weighted by molar-refractivity contribution is -0.384. The monoisotopic (exact) mass is 460 g/mol. The van der Waals surface area contributed by atoms with E-state index in [0.717, 1.165) is 53.0 Å². The van der Waals surface area contributed by atoms with E-state index in [1.165, 1.54) is 6.21 Å². The molecule has 0 bridgehead atoms. The van der Waals surface area contributed by atoms with Crippen molar-refractivity contribution >= 4 is 28.8 Å². The second-order valence-electron chi connectivity index (χ2n) is 8.72. The third-order valence-corrected chi connectivity index (χ3v) is 5.72. The van der Waals surface area contributed by atoms with Gasteiger partial charge in [0.2, 0.25) is 0 Å². The van der Waals surface area contributed by atoms with E-state index in [0.29, 0.717) is 6.07 Å². The summed E-state index contributed by atoms with van der Waals surface area (Å²) < 4.78 is 38.7. The number of anilines is 2. The van der Waals surface area contributed by atoms with Crippen LogP contribution >= 0.6 is 0 Å². The van der Waals surface area contributed by atoms with Gasteiger partial charge in [-0.3, -0.25) is 15.5 Å². The van der Waals surface area contributed by atoms with E-state index in [1.807, 2.05) is 13.0 Å². The molecule has 0 atom stereocenters. The van der Waals surface area contributed by atoms with Crippen molar-refractivity contribution in [3.05, 3.63) is 68.8 Å². The van der Waals surface area contributed by atoms with Gasteiger partial charge in [-0.1, -0.05) is 13.0 Å². The zero-order chi connectivity index (χ0) is 24.6. The number of nitro benzene ring substituents is 1. The first-order chi connectivity index (χ1) is 15.3. The molecule has 176 valence electrons. The smallest absolute Gasteiger partial charge is 0.362 e. The molecule has 33 heavy (non-hydrogen) atoms. The van der Waals surface area contributed by atoms with Crippen molar-refractivity contribution in [2.24, 2.45) is 5.10 Å². The molecule has 2 aromatic carbocycles. The molecule has 1 heterocycles. The van der Waals surface area contributed by atoms with E-state index in [9.17, 15) is 23.3 Å². The van der Waals surface area contributed by atoms with Crippen LogP contribution in [0.3, 0.4) is 0 Å². The molecule has 1 aliphatic heterocycles. The average Bonchev–Trinajstić information content (AvgIpc) is 2.70. The van der Waals surface area contributed by atoms with Crippen LogP contribution in [-0.2, 0) is 6.18 Å². The van der Waals surface area contributed by atoms with Crippen LogP contribution in [0.15, 0.2) is 41.5 Å². The maximum atomic E-state index is 12.9. The van der Waals surface area contributed by atoms with E-state index in [1.54, 1.807) is 0 Å². The number of hydrogen-bond donors (Lipinski definition) is 1. The Morgan fingerprint density at radius 3 is 2.52 bits per heavy atom. The van der Waals surface area contributed by atoms with Gasteiger partial charge >= 0.3 is 6.18 Å². The van der Waals surface area contributed by atoms with E-state index in [-0.39, 0.29) is 11.2 Å². The number of alkyl halides is 3. The van der Waals surface area contributed by atoms with Crippen LogP contribution in [0.5, 0.6) is 0 Å². The van der Waals surface area contributed by atoms with Crippen molar-refractivity contribution in [2.75, 3.05) is 16.9 Å². The van der Waals surface area contributed by atoms with Crippen LogP contribution < -0.4 is 10.3 Å². The summed E-state index contributed by atoms with van der Waals surface area (Å²) in [6.07, 6.45) is 0.0888. The number of nitrogens with one attached hydrogen (secondary N) is 1. The SMILES string of the molecule is CCCN1c2cc(C)c(/C=N/Nc3ccc(C(F)(F)F)cc3[N+](=O)[O-])cc2C(C)=CC1(C)C. The summed E-state index contributed by atoms with van der Waals surface area (Å²) in [5.41, 5.74) is 5.64. The highest BCUT2D eigenvalue weighted by atomic mass is 19.4. The Balaban J connectivity index is 1.92. The van der Waals surface area contributed by atoms with Gasteiger partial charge in [-0.2, -0.15) is 18.3 Å². The molecule has 1 aliphatic rings. The van der Waals surface area contributed by atoms with Gasteiger partial charge in [0.25, 0.3) is 5.69 Å². The largest absolute Gasteiger partial charge is 0.416 e. The fourth-order valence-corrected chi connectivity index (χ4v) is 4.14. The molecule has 0 spiro atoms. The zero-order valence-corrected chi connectivity index (χ0v) is 19.2. The Kier molecular flexibility index (Phi) is 6.53. The first-order valence-electron chi connectivity index (χ1n) is 10.6. The zero-order valence-electron chi connectivity index (χ0n) is 19.2. The number of hydrogen-bond acceptors (Lipinski definition) is 5. The fraction of sp³-hybridized carbons (Fsp3) is 0.375. The molecule has 9 heteroatoms. The van der Waals surface area contributed by atoms with E-state index in [2.05, 4.69) is 55.3 Å². The topological polar surface area (TPSA) is 70.8 Å². The predicted octanol–water partition coefficient (Wildman–Crippen LogP) is 6.78. The lowest BCUT2D eigenvalue weighted by Gasteiger charge is -2.43. The van der Waals surface area contributed by atoms with Gasteiger partial charge in [0.05, 0.1) is 22.2 Å². The van der Waals surface area contributed by atoms with Crippen molar-refractivity contribution in [3.63, 3.8) is 0 Å². The highest BCUT2D eigenvalue weighted by Gasteiger charge is 2.33. The molecule has 3 rings (SSSR count). The minimum Gasteiger partial charge on any atom is -0.362 e. The summed E-state index contributed by atoms with van der Waals surface area (Å²) in [5, 5.41) is 15.3. The van der Waals surface area contributed by atoms with Crippen molar-refractivity contribution in [2.45, 2.75) is 52.8 Å². The summed E-state index contributed by atoms with van der Waals surface area (Å²) in [4.78, 5) is 12.8. The van der Waals surface area contributed by atoms with E-state index in [4.69, 9.17) is 0 Å². The molecule has 0 radical (unpaired) electrons. The number of hydrazone groups is 1. The van der Waals surface area contributed by atoms with Gasteiger partial charge in [0.15, 0.2) is 0 Å². The number of aryl methyl sites for hydroxylation is 1. The Labute approximate surface area is 190 Å². The number of benzene rings is 2. The quantitative estimate of drug-likeness (QED) is 0.293. The summed E-state index contributed by atoms with van der Waals surface area (Å²) in [6, 6.07) is 6.41. The Hall–Kier alpha value is -3.36. The Morgan fingerprint density at radius 2 is 1.91 bits per heavy atom. The maximum absolute atomic E-state index is 12.9. The summed E-state index contributed by atoms with van der Waals surface area (Å²) in [5.74, 6) is 0. The molecule has 0 saturated carbocycles. The number of nitro groups is 1. The summed E-state index contributed by atoms with van der Waals surface area (Å²) >= 11 is 0. The minimum atomic E-state index is -4.67. The average molecular weight is 461 g/mol. The molecule has 0 aliphatic carbocycles. The molecular weight excluding hydrogens is 433 g/mol. The standard InChI is InChI=1S/C24H27F3N4O2/c1-6-9-30-21-10-15(2)17(11-19(21)16(3)13-23(30,4)5)14-28-29-20-8-7-18(24(25,26)27)12-22(20)31(32)33/h7-8,10-14,29H,6,9H2,1-5H3/b28-14+. The van der Waals surface area contributed by atoms with Gasteiger partial charge in [0, 0.05) is 23.9 Å². The highest BCUT2D eigenvalue weighted by Crippen LogP contribution is 2.40. The van der Waals surface area contributed by atoms with Crippen molar-refractivity contribution < 1.29 is 18.1 Å². The molecule has 0 saturated heterocycles. The Bertz CT molecular complexity index is 1140. The number of fused-ring (bicyclic) bond motifs is 1. The van der Waals surface area contributed by atoms with E-state index >= 15 is 0 Å². The van der Waals surface area contributed by atoms with Crippen LogP contribution in [0.1, 0.15) is 56.4 Å². The Morgan fingerprint density at radius 1 is 1.21 bits per heavy atom. The van der Waals surface area contributed by atoms with Crippen molar-refractivity contribution in [3.8, 4) is 0 Å². The van der Waals surface area contributed by atoms with Crippen LogP contribution in [0, 0.1) is 17.0 Å². The third-order valence-electron chi connectivity index (χ3n) is 5.72. The second kappa shape index (κ2) is 8.88. The van der Waals surface area contributed by atoms with Gasteiger partial charge in [0.1, 0.15) is 5.69 Å². The first-order valence-corrected chi connectivity index (χ1v) is 10.6. The van der Waals surface area contributed by atoms with Crippen LogP contribution in [0.4, 0.5) is 30.2 Å². The highest BCUT2D eigenvalue weighted by molar-refractivity contribution is 5.89. The molecule has 1 N–H and O–H groups in total. The van der Waals surface area contributed by atoms with Crippen molar-refractivity contribution in [1.29, 1.82) is 0 Å². The third kappa shape index (κ3) is 5.02. The lowest BCUT2D eigenvalue weighted by Crippen LogP contribution is -2.45. The molecular formula is C24H27F3N4O2. The normalized spacial score (nSPS) is 15.4. The molecule has 0 aromatic heterocycles. The van der Waals surface area contributed by atoms with Gasteiger partial charge in [-0.25, -0.2) is 0 Å². The fourth-order valence-electron chi connectivity index (χ4n) is 4.14. The second-order valence-corrected chi connectivity index (χ2v) is 8.72. The molecule has 0 unspecified atom stereocenters. The first kappa shape index (κ1) is 24.3. The molecule has 0 amide bonds. The maximum Gasteiger partial charge on any atom is 0.416 e. The van der Waals surface area contributed by atoms with E-state index < -0.39 is 22.4 Å². The molecule has 6 nitrogen and oxygen atoms in total. The van der Waals surface area contributed by atoms with Crippen LogP contribution in [-0.4, -0.2) is 23.2 Å². The van der Waals surface area contributed by atoms with Crippen LogP contribution in [0.25, 0.3) is 5.57 Å². The summed E-state index contributed by atoms with van der Waals surface area (Å²) in [7, 11) is 0. The lowest BCUT2D eigenvalue weighted by atomic mass is 9.87. The minimum absolute atomic E-state index is 0.113. The van der Waals surface area contributed by atoms with Crippen LogP contribution in [0.2, 0.25) is 0 Å². The molecule has 2 aromatic rings. The van der Waals surface area contributed by atoms with Crippen molar-refractivity contribution in [1.82, 2.24) is 0 Å². The predicted molar refractivity (Wildman–Crippen MR) is 126 cm³/mol.